The van der Waals surface area contributed by atoms with E-state index in [-0.39, 0.29) is 0 Å². The first kappa shape index (κ1) is 16.5. The Bertz CT molecular complexity index is 873. The molecule has 4 rings (SSSR count). The number of aromatic nitrogens is 1. The zero-order chi connectivity index (χ0) is 17.3. The van der Waals surface area contributed by atoms with Gasteiger partial charge in [-0.25, -0.2) is 4.98 Å². The maximum absolute atomic E-state index is 11.2. The molecule has 0 amide bonds. The number of halogens is 1. The van der Waals surface area contributed by atoms with E-state index in [1.54, 1.807) is 6.20 Å². The first-order valence-electron chi connectivity index (χ1n) is 8.67. The van der Waals surface area contributed by atoms with Crippen LogP contribution in [0.3, 0.4) is 0 Å². The minimum atomic E-state index is -0.791. The SMILES string of the molecule is OC1(c2ccc3ccnc(Cl)c3c2)CCN(Cc2ccccc2)CC1. The first-order chi connectivity index (χ1) is 12.1. The Morgan fingerprint density at radius 2 is 1.80 bits per heavy atom. The molecule has 1 saturated heterocycles. The van der Waals surface area contributed by atoms with Crippen molar-refractivity contribution in [3.8, 4) is 0 Å². The maximum Gasteiger partial charge on any atom is 0.136 e. The molecule has 0 bridgehead atoms. The molecule has 128 valence electrons. The third-order valence-corrected chi connectivity index (χ3v) is 5.49. The lowest BCUT2D eigenvalue weighted by molar-refractivity contribution is -0.0276. The van der Waals surface area contributed by atoms with E-state index in [9.17, 15) is 5.11 Å². The van der Waals surface area contributed by atoms with Crippen LogP contribution >= 0.6 is 11.6 Å². The van der Waals surface area contributed by atoms with Crippen molar-refractivity contribution in [2.75, 3.05) is 13.1 Å². The summed E-state index contributed by atoms with van der Waals surface area (Å²) >= 11 is 6.23. The molecule has 3 nitrogen and oxygen atoms in total. The minimum absolute atomic E-state index is 0.490. The fraction of sp³-hybridized carbons (Fsp3) is 0.286. The Labute approximate surface area is 152 Å². The summed E-state index contributed by atoms with van der Waals surface area (Å²) in [6.07, 6.45) is 3.16. The molecule has 0 atom stereocenters. The van der Waals surface area contributed by atoms with Gasteiger partial charge in [0.25, 0.3) is 0 Å². The molecule has 4 heteroatoms. The number of fused-ring (bicyclic) bond motifs is 1. The van der Waals surface area contributed by atoms with E-state index in [0.717, 1.165) is 48.8 Å². The van der Waals surface area contributed by atoms with Gasteiger partial charge in [-0.2, -0.15) is 0 Å². The molecule has 1 aromatic heterocycles. The smallest absolute Gasteiger partial charge is 0.136 e. The van der Waals surface area contributed by atoms with Crippen molar-refractivity contribution >= 4 is 22.4 Å². The fourth-order valence-corrected chi connectivity index (χ4v) is 3.85. The molecule has 1 fully saturated rings. The average Bonchev–Trinajstić information content (AvgIpc) is 2.65. The lowest BCUT2D eigenvalue weighted by Gasteiger charge is -2.38. The normalized spacial score (nSPS) is 17.7. The molecule has 2 heterocycles. The number of benzene rings is 2. The Balaban J connectivity index is 1.51. The highest BCUT2D eigenvalue weighted by Gasteiger charge is 2.34. The van der Waals surface area contributed by atoms with Gasteiger partial charge in [0, 0.05) is 31.2 Å². The summed E-state index contributed by atoms with van der Waals surface area (Å²) < 4.78 is 0. The second-order valence-electron chi connectivity index (χ2n) is 6.83. The summed E-state index contributed by atoms with van der Waals surface area (Å²) in [4.78, 5) is 6.55. The van der Waals surface area contributed by atoms with E-state index in [4.69, 9.17) is 11.6 Å². The van der Waals surface area contributed by atoms with E-state index in [0.29, 0.717) is 5.15 Å². The molecule has 0 saturated carbocycles. The highest BCUT2D eigenvalue weighted by Crippen LogP contribution is 2.35. The molecule has 0 radical (unpaired) electrons. The largest absolute Gasteiger partial charge is 0.385 e. The molecule has 2 aromatic carbocycles. The van der Waals surface area contributed by atoms with Crippen molar-refractivity contribution in [2.45, 2.75) is 25.0 Å². The molecule has 1 aliphatic rings. The molecule has 0 aliphatic carbocycles. The van der Waals surface area contributed by atoms with Gasteiger partial charge in [-0.1, -0.05) is 54.1 Å². The standard InChI is InChI=1S/C21H21ClN2O/c22-20-19-14-18(7-6-17(19)8-11-23-20)21(25)9-12-24(13-10-21)15-16-4-2-1-3-5-16/h1-8,11,14,25H,9-10,12-13,15H2. The van der Waals surface area contributed by atoms with Crippen LogP contribution in [0.15, 0.2) is 60.8 Å². The van der Waals surface area contributed by atoms with Gasteiger partial charge in [0.2, 0.25) is 0 Å². The number of pyridine rings is 1. The summed E-state index contributed by atoms with van der Waals surface area (Å²) in [5.41, 5.74) is 1.46. The van der Waals surface area contributed by atoms with Gasteiger partial charge >= 0.3 is 0 Å². The second kappa shape index (κ2) is 6.75. The monoisotopic (exact) mass is 352 g/mol. The van der Waals surface area contributed by atoms with Crippen LogP contribution in [0.5, 0.6) is 0 Å². The van der Waals surface area contributed by atoms with Gasteiger partial charge in [0.15, 0.2) is 0 Å². The lowest BCUT2D eigenvalue weighted by Crippen LogP contribution is -2.42. The second-order valence-corrected chi connectivity index (χ2v) is 7.19. The van der Waals surface area contributed by atoms with Gasteiger partial charge < -0.3 is 5.11 Å². The minimum Gasteiger partial charge on any atom is -0.385 e. The molecule has 1 aliphatic heterocycles. The molecular formula is C21H21ClN2O. The van der Waals surface area contributed by atoms with Gasteiger partial charge in [-0.05, 0) is 41.5 Å². The molecule has 0 spiro atoms. The first-order valence-corrected chi connectivity index (χ1v) is 9.05. The number of aliphatic hydroxyl groups is 1. The van der Waals surface area contributed by atoms with Crippen molar-refractivity contribution in [3.63, 3.8) is 0 Å². The van der Waals surface area contributed by atoms with Crippen LogP contribution in [-0.2, 0) is 12.1 Å². The highest BCUT2D eigenvalue weighted by molar-refractivity contribution is 6.34. The summed E-state index contributed by atoms with van der Waals surface area (Å²) in [6.45, 7) is 2.69. The number of hydrogen-bond donors (Lipinski definition) is 1. The molecular weight excluding hydrogens is 332 g/mol. The predicted octanol–water partition coefficient (Wildman–Crippen LogP) is 4.37. The van der Waals surface area contributed by atoms with Crippen molar-refractivity contribution < 1.29 is 5.11 Å². The fourth-order valence-electron chi connectivity index (χ4n) is 3.63. The predicted molar refractivity (Wildman–Crippen MR) is 102 cm³/mol. The van der Waals surface area contributed by atoms with E-state index < -0.39 is 5.60 Å². The van der Waals surface area contributed by atoms with Crippen LogP contribution in [0.4, 0.5) is 0 Å². The van der Waals surface area contributed by atoms with E-state index in [1.807, 2.05) is 30.3 Å². The third kappa shape index (κ3) is 3.40. The van der Waals surface area contributed by atoms with Crippen LogP contribution < -0.4 is 0 Å². The zero-order valence-electron chi connectivity index (χ0n) is 14.0. The summed E-state index contributed by atoms with van der Waals surface area (Å²) in [7, 11) is 0. The van der Waals surface area contributed by atoms with E-state index in [2.05, 4.69) is 34.1 Å². The van der Waals surface area contributed by atoms with Gasteiger partial charge in [-0.3, -0.25) is 4.90 Å². The average molecular weight is 353 g/mol. The van der Waals surface area contributed by atoms with Crippen LogP contribution in [0.25, 0.3) is 10.8 Å². The number of piperidine rings is 1. The van der Waals surface area contributed by atoms with E-state index in [1.165, 1.54) is 5.56 Å². The summed E-state index contributed by atoms with van der Waals surface area (Å²) in [5, 5.41) is 13.6. The van der Waals surface area contributed by atoms with Crippen LogP contribution in [0, 0.1) is 0 Å². The van der Waals surface area contributed by atoms with Gasteiger partial charge in [-0.15, -0.1) is 0 Å². The lowest BCUT2D eigenvalue weighted by atomic mass is 9.83. The maximum atomic E-state index is 11.2. The van der Waals surface area contributed by atoms with Gasteiger partial charge in [0.05, 0.1) is 5.60 Å². The van der Waals surface area contributed by atoms with Gasteiger partial charge in [0.1, 0.15) is 5.15 Å². The Morgan fingerprint density at radius 3 is 2.56 bits per heavy atom. The van der Waals surface area contributed by atoms with Crippen LogP contribution in [-0.4, -0.2) is 28.1 Å². The van der Waals surface area contributed by atoms with E-state index >= 15 is 0 Å². The topological polar surface area (TPSA) is 36.4 Å². The van der Waals surface area contributed by atoms with Crippen molar-refractivity contribution in [2.24, 2.45) is 0 Å². The number of rotatable bonds is 3. The Hall–Kier alpha value is -1.94. The number of hydrogen-bond acceptors (Lipinski definition) is 3. The third-order valence-electron chi connectivity index (χ3n) is 5.19. The van der Waals surface area contributed by atoms with Crippen molar-refractivity contribution in [1.29, 1.82) is 0 Å². The zero-order valence-corrected chi connectivity index (χ0v) is 14.8. The molecule has 0 unspecified atom stereocenters. The Kier molecular flexibility index (Phi) is 4.46. The number of nitrogens with zero attached hydrogens (tertiary/aromatic N) is 2. The molecule has 25 heavy (non-hydrogen) atoms. The van der Waals surface area contributed by atoms with Crippen LogP contribution in [0.1, 0.15) is 24.0 Å². The quantitative estimate of drug-likeness (QED) is 0.711. The van der Waals surface area contributed by atoms with Crippen molar-refractivity contribution in [1.82, 2.24) is 9.88 Å². The highest BCUT2D eigenvalue weighted by atomic mass is 35.5. The number of likely N-dealkylation sites (tertiary alicyclic amines) is 1. The summed E-state index contributed by atoms with van der Waals surface area (Å²) in [6, 6.07) is 18.5. The van der Waals surface area contributed by atoms with Crippen LogP contribution in [0.2, 0.25) is 5.15 Å². The molecule has 1 N–H and O–H groups in total. The van der Waals surface area contributed by atoms with Crippen molar-refractivity contribution in [3.05, 3.63) is 77.1 Å². The Morgan fingerprint density at radius 1 is 1.04 bits per heavy atom. The molecule has 3 aromatic rings. The summed E-state index contributed by atoms with van der Waals surface area (Å²) in [5.74, 6) is 0.